The molecule has 5 heteroatoms. The third-order valence-electron chi connectivity index (χ3n) is 5.15. The second-order valence-electron chi connectivity index (χ2n) is 7.02. The number of aromatic nitrogens is 1. The van der Waals surface area contributed by atoms with Crippen molar-refractivity contribution in [2.75, 3.05) is 5.32 Å². The highest BCUT2D eigenvalue weighted by atomic mass is 16.4. The lowest BCUT2D eigenvalue weighted by atomic mass is 9.93. The number of carboxylic acids is 1. The van der Waals surface area contributed by atoms with Gasteiger partial charge < -0.3 is 15.4 Å². The highest BCUT2D eigenvalue weighted by Crippen LogP contribution is 2.40. The first-order chi connectivity index (χ1) is 13.4. The minimum Gasteiger partial charge on any atom is -0.481 e. The Labute approximate surface area is 162 Å². The van der Waals surface area contributed by atoms with Crippen molar-refractivity contribution in [3.05, 3.63) is 76.6 Å². The van der Waals surface area contributed by atoms with Gasteiger partial charge in [0.05, 0.1) is 12.0 Å². The topological polar surface area (TPSA) is 82.2 Å². The Morgan fingerprint density at radius 3 is 2.64 bits per heavy atom. The summed E-state index contributed by atoms with van der Waals surface area (Å²) in [5.74, 6) is -1.01. The van der Waals surface area contributed by atoms with E-state index in [4.69, 9.17) is 5.11 Å². The number of anilines is 1. The van der Waals surface area contributed by atoms with Crippen molar-refractivity contribution in [3.63, 3.8) is 0 Å². The molecule has 3 aromatic rings. The predicted molar refractivity (Wildman–Crippen MR) is 110 cm³/mol. The zero-order valence-corrected chi connectivity index (χ0v) is 15.7. The normalized spacial score (nSPS) is 14.2. The van der Waals surface area contributed by atoms with Crippen LogP contribution >= 0.6 is 0 Å². The number of hydrogen-bond donors (Lipinski definition) is 3. The molecule has 1 aliphatic heterocycles. The zero-order valence-electron chi connectivity index (χ0n) is 15.7. The van der Waals surface area contributed by atoms with E-state index in [0.717, 1.165) is 44.8 Å². The SMILES string of the molecule is Cc1c[nH]c(/C=C2\C(=O)Nc3cccc(-c4cccc(CC(=O)O)c4)c32)c1C. The molecule has 4 rings (SSSR count). The van der Waals surface area contributed by atoms with Gasteiger partial charge in [-0.1, -0.05) is 36.4 Å². The fourth-order valence-electron chi connectivity index (χ4n) is 3.56. The monoisotopic (exact) mass is 372 g/mol. The molecule has 140 valence electrons. The first-order valence-electron chi connectivity index (χ1n) is 9.06. The van der Waals surface area contributed by atoms with Crippen molar-refractivity contribution >= 4 is 29.2 Å². The lowest BCUT2D eigenvalue weighted by Gasteiger charge is -2.10. The van der Waals surface area contributed by atoms with Crippen molar-refractivity contribution in [1.29, 1.82) is 0 Å². The Kier molecular flexibility index (Phi) is 4.35. The Balaban J connectivity index is 1.86. The lowest BCUT2D eigenvalue weighted by molar-refractivity contribution is -0.136. The molecule has 0 saturated heterocycles. The number of carbonyl (C=O) groups is 2. The number of amides is 1. The lowest BCUT2D eigenvalue weighted by Crippen LogP contribution is -2.03. The number of aromatic amines is 1. The molecule has 0 spiro atoms. The van der Waals surface area contributed by atoms with E-state index < -0.39 is 5.97 Å². The van der Waals surface area contributed by atoms with Crippen LogP contribution in [0.1, 0.15) is 27.9 Å². The van der Waals surface area contributed by atoms with E-state index in [9.17, 15) is 9.59 Å². The highest BCUT2D eigenvalue weighted by molar-refractivity contribution is 6.36. The van der Waals surface area contributed by atoms with Crippen LogP contribution in [0, 0.1) is 13.8 Å². The zero-order chi connectivity index (χ0) is 19.8. The Morgan fingerprint density at radius 1 is 1.14 bits per heavy atom. The number of H-pyrrole nitrogens is 1. The number of nitrogens with one attached hydrogen (secondary N) is 2. The molecule has 1 aliphatic rings. The summed E-state index contributed by atoms with van der Waals surface area (Å²) < 4.78 is 0. The number of carboxylic acid groups (broad SMARTS) is 1. The van der Waals surface area contributed by atoms with Crippen LogP contribution in [0.5, 0.6) is 0 Å². The molecule has 5 nitrogen and oxygen atoms in total. The molecule has 1 amide bonds. The van der Waals surface area contributed by atoms with Gasteiger partial charge in [0, 0.05) is 23.1 Å². The fourth-order valence-corrected chi connectivity index (χ4v) is 3.56. The molecule has 2 heterocycles. The molecule has 28 heavy (non-hydrogen) atoms. The summed E-state index contributed by atoms with van der Waals surface area (Å²) in [5, 5.41) is 12.0. The van der Waals surface area contributed by atoms with E-state index in [-0.39, 0.29) is 12.3 Å². The molecule has 0 radical (unpaired) electrons. The van der Waals surface area contributed by atoms with Crippen LogP contribution in [0.4, 0.5) is 5.69 Å². The number of carbonyl (C=O) groups excluding carboxylic acids is 1. The maximum absolute atomic E-state index is 12.7. The van der Waals surface area contributed by atoms with Crippen LogP contribution < -0.4 is 5.32 Å². The second-order valence-corrected chi connectivity index (χ2v) is 7.02. The summed E-state index contributed by atoms with van der Waals surface area (Å²) in [7, 11) is 0. The molecule has 0 fully saturated rings. The summed E-state index contributed by atoms with van der Waals surface area (Å²) in [6, 6.07) is 13.2. The van der Waals surface area contributed by atoms with Gasteiger partial charge in [0.1, 0.15) is 0 Å². The first-order valence-corrected chi connectivity index (χ1v) is 9.06. The largest absolute Gasteiger partial charge is 0.481 e. The van der Waals surface area contributed by atoms with Crippen LogP contribution in [-0.2, 0) is 16.0 Å². The van der Waals surface area contributed by atoms with Crippen molar-refractivity contribution < 1.29 is 14.7 Å². The van der Waals surface area contributed by atoms with Crippen molar-refractivity contribution in [1.82, 2.24) is 4.98 Å². The smallest absolute Gasteiger partial charge is 0.307 e. The molecule has 0 aliphatic carbocycles. The maximum atomic E-state index is 12.7. The molecule has 0 saturated carbocycles. The summed E-state index contributed by atoms with van der Waals surface area (Å²) >= 11 is 0. The molecular formula is C23H20N2O3. The first kappa shape index (κ1) is 17.8. The van der Waals surface area contributed by atoms with Crippen LogP contribution in [0.25, 0.3) is 22.8 Å². The van der Waals surface area contributed by atoms with Gasteiger partial charge in [0.2, 0.25) is 0 Å². The standard InChI is InChI=1S/C23H20N2O3/c1-13-12-24-20(14(13)2)11-18-22-17(7-4-8-19(22)25-23(18)28)16-6-3-5-15(9-16)10-21(26)27/h3-9,11-12,24H,10H2,1-2H3,(H,25,28)(H,26,27)/b18-11-. The van der Waals surface area contributed by atoms with E-state index in [1.165, 1.54) is 0 Å². The highest BCUT2D eigenvalue weighted by Gasteiger charge is 2.27. The predicted octanol–water partition coefficient (Wildman–Crippen LogP) is 4.42. The van der Waals surface area contributed by atoms with E-state index in [0.29, 0.717) is 5.57 Å². The van der Waals surface area contributed by atoms with Crippen LogP contribution in [-0.4, -0.2) is 22.0 Å². The van der Waals surface area contributed by atoms with Crippen molar-refractivity contribution in [3.8, 4) is 11.1 Å². The van der Waals surface area contributed by atoms with Crippen LogP contribution in [0.15, 0.2) is 48.7 Å². The Bertz CT molecular complexity index is 1140. The van der Waals surface area contributed by atoms with Crippen molar-refractivity contribution in [2.24, 2.45) is 0 Å². The van der Waals surface area contributed by atoms with Gasteiger partial charge in [-0.05, 0) is 53.8 Å². The Morgan fingerprint density at radius 2 is 1.93 bits per heavy atom. The van der Waals surface area contributed by atoms with E-state index in [2.05, 4.69) is 10.3 Å². The van der Waals surface area contributed by atoms with Crippen molar-refractivity contribution in [2.45, 2.75) is 20.3 Å². The second kappa shape index (κ2) is 6.85. The molecular weight excluding hydrogens is 352 g/mol. The minimum atomic E-state index is -0.870. The third kappa shape index (κ3) is 3.11. The molecule has 0 bridgehead atoms. The van der Waals surface area contributed by atoms with Gasteiger partial charge in [0.15, 0.2) is 0 Å². The Hall–Kier alpha value is -3.60. The van der Waals surface area contributed by atoms with E-state index in [1.807, 2.05) is 62.5 Å². The fraction of sp³-hybridized carbons (Fsp3) is 0.130. The molecule has 1 aromatic heterocycles. The van der Waals surface area contributed by atoms with Gasteiger partial charge in [-0.2, -0.15) is 0 Å². The van der Waals surface area contributed by atoms with E-state index >= 15 is 0 Å². The van der Waals surface area contributed by atoms with Gasteiger partial charge >= 0.3 is 5.97 Å². The quantitative estimate of drug-likeness (QED) is 0.593. The summed E-state index contributed by atoms with van der Waals surface area (Å²) in [6.45, 7) is 4.04. The molecule has 3 N–H and O–H groups in total. The number of rotatable bonds is 4. The number of fused-ring (bicyclic) bond motifs is 1. The number of aryl methyl sites for hydroxylation is 1. The van der Waals surface area contributed by atoms with Gasteiger partial charge in [-0.3, -0.25) is 9.59 Å². The van der Waals surface area contributed by atoms with Crippen LogP contribution in [0.3, 0.4) is 0 Å². The van der Waals surface area contributed by atoms with Gasteiger partial charge in [0.25, 0.3) is 5.91 Å². The average Bonchev–Trinajstić information content (AvgIpc) is 3.15. The summed E-state index contributed by atoms with van der Waals surface area (Å²) in [4.78, 5) is 27.0. The van der Waals surface area contributed by atoms with E-state index in [1.54, 1.807) is 6.07 Å². The number of aliphatic carboxylic acids is 1. The number of benzene rings is 2. The minimum absolute atomic E-state index is 0.0380. The summed E-state index contributed by atoms with van der Waals surface area (Å²) in [5.41, 5.74) is 7.86. The van der Waals surface area contributed by atoms with Gasteiger partial charge in [-0.15, -0.1) is 0 Å². The average molecular weight is 372 g/mol. The maximum Gasteiger partial charge on any atom is 0.307 e. The molecule has 0 unspecified atom stereocenters. The number of hydrogen-bond acceptors (Lipinski definition) is 2. The third-order valence-corrected chi connectivity index (χ3v) is 5.15. The summed E-state index contributed by atoms with van der Waals surface area (Å²) in [6.07, 6.45) is 3.77. The molecule has 0 atom stereocenters. The van der Waals surface area contributed by atoms with Gasteiger partial charge in [-0.25, -0.2) is 0 Å². The van der Waals surface area contributed by atoms with Crippen LogP contribution in [0.2, 0.25) is 0 Å². The molecule has 2 aromatic carbocycles.